The normalized spacial score (nSPS) is 19.5. The van der Waals surface area contributed by atoms with Crippen LogP contribution in [0.25, 0.3) is 0 Å². The van der Waals surface area contributed by atoms with Crippen molar-refractivity contribution in [3.63, 3.8) is 0 Å². The molecule has 0 bridgehead atoms. The van der Waals surface area contributed by atoms with Crippen LogP contribution in [0.3, 0.4) is 0 Å². The van der Waals surface area contributed by atoms with Crippen LogP contribution in [-0.2, 0) is 0 Å². The molecule has 3 N–H and O–H groups in total. The van der Waals surface area contributed by atoms with E-state index in [0.717, 1.165) is 44.1 Å². The second-order valence-electron chi connectivity index (χ2n) is 9.00. The highest BCUT2D eigenvalue weighted by Gasteiger charge is 2.32. The molecule has 6 heteroatoms. The monoisotopic (exact) mass is 435 g/mol. The topological polar surface area (TPSA) is 56.6 Å². The fourth-order valence-electron chi connectivity index (χ4n) is 3.77. The smallest absolute Gasteiger partial charge is 0.187 e. The predicted molar refractivity (Wildman–Crippen MR) is 128 cm³/mol. The second-order valence-corrected chi connectivity index (χ2v) is 9.84. The average molecular weight is 436 g/mol. The summed E-state index contributed by atoms with van der Waals surface area (Å²) in [5.41, 5.74) is 4.41. The zero-order chi connectivity index (χ0) is 21.5. The summed E-state index contributed by atoms with van der Waals surface area (Å²) in [6.07, 6.45) is 9.76. The molecule has 0 saturated carbocycles. The second kappa shape index (κ2) is 10.6. The Morgan fingerprint density at radius 2 is 2.10 bits per heavy atom. The predicted octanol–water partition coefficient (Wildman–Crippen LogP) is 5.58. The maximum atomic E-state index is 10.9. The van der Waals surface area contributed by atoms with Crippen LogP contribution in [0.5, 0.6) is 0 Å². The highest BCUT2D eigenvalue weighted by molar-refractivity contribution is 7.80. The lowest BCUT2D eigenvalue weighted by Crippen LogP contribution is -2.47. The highest BCUT2D eigenvalue weighted by atomic mass is 35.5. The summed E-state index contributed by atoms with van der Waals surface area (Å²) in [5, 5.41) is 19.6. The molecule has 2 rings (SSSR count). The maximum absolute atomic E-state index is 10.9. The molecule has 0 saturated heterocycles. The molecule has 0 amide bonds. The number of nitrogens with one attached hydrogen (secondary N) is 2. The van der Waals surface area contributed by atoms with Gasteiger partial charge >= 0.3 is 0 Å². The van der Waals surface area contributed by atoms with Crippen molar-refractivity contribution in [2.45, 2.75) is 77.4 Å². The summed E-state index contributed by atoms with van der Waals surface area (Å²) < 4.78 is 0. The number of rotatable bonds is 8. The lowest BCUT2D eigenvalue weighted by molar-refractivity contribution is -0.0159. The lowest BCUT2D eigenvalue weighted by atomic mass is 9.76. The van der Waals surface area contributed by atoms with Gasteiger partial charge in [-0.2, -0.15) is 5.10 Å². The first kappa shape index (κ1) is 23.8. The molecule has 0 radical (unpaired) electrons. The van der Waals surface area contributed by atoms with E-state index in [1.54, 1.807) is 6.21 Å². The molecule has 0 heterocycles. The molecule has 1 aromatic carbocycles. The van der Waals surface area contributed by atoms with Crippen LogP contribution in [0.4, 0.5) is 0 Å². The summed E-state index contributed by atoms with van der Waals surface area (Å²) in [4.78, 5) is 0. The van der Waals surface area contributed by atoms with Crippen LogP contribution in [-0.4, -0.2) is 27.6 Å². The Kier molecular flexibility index (Phi) is 8.68. The van der Waals surface area contributed by atoms with E-state index >= 15 is 0 Å². The van der Waals surface area contributed by atoms with Gasteiger partial charge in [-0.1, -0.05) is 35.4 Å². The van der Waals surface area contributed by atoms with Crippen LogP contribution in [0, 0.1) is 5.92 Å². The molecular formula is C23H34ClN3OS. The summed E-state index contributed by atoms with van der Waals surface area (Å²) in [6, 6.07) is 7.46. The minimum absolute atomic E-state index is 0.186. The first-order chi connectivity index (χ1) is 13.6. The van der Waals surface area contributed by atoms with Crippen molar-refractivity contribution in [3.05, 3.63) is 46.5 Å². The van der Waals surface area contributed by atoms with Gasteiger partial charge in [0.05, 0.1) is 11.8 Å². The SMILES string of the molecule is CC1=CC[C@@H]([C@@](C)(O)CCCC(C)(C)NC(=S)N/N=C\c2cccc(Cl)c2)CC1. The number of benzene rings is 1. The molecule has 0 unspecified atom stereocenters. The van der Waals surface area contributed by atoms with Crippen molar-refractivity contribution < 1.29 is 5.11 Å². The van der Waals surface area contributed by atoms with Gasteiger partial charge in [0.25, 0.3) is 0 Å². The van der Waals surface area contributed by atoms with Gasteiger partial charge in [0.2, 0.25) is 0 Å². The highest BCUT2D eigenvalue weighted by Crippen LogP contribution is 2.35. The number of halogens is 1. The third-order valence-electron chi connectivity index (χ3n) is 5.68. The number of thiocarbonyl (C=S) groups is 1. The molecule has 1 aromatic rings. The van der Waals surface area contributed by atoms with Gasteiger partial charge in [0.1, 0.15) is 0 Å². The van der Waals surface area contributed by atoms with E-state index in [1.807, 2.05) is 31.2 Å². The van der Waals surface area contributed by atoms with Crippen molar-refractivity contribution in [2.75, 3.05) is 0 Å². The van der Waals surface area contributed by atoms with Gasteiger partial charge in [-0.05, 0) is 102 Å². The Labute approximate surface area is 185 Å². The minimum Gasteiger partial charge on any atom is -0.390 e. The van der Waals surface area contributed by atoms with Crippen molar-refractivity contribution in [1.29, 1.82) is 0 Å². The number of aliphatic hydroxyl groups is 1. The Bertz CT molecular complexity index is 758. The summed E-state index contributed by atoms with van der Waals surface area (Å²) in [7, 11) is 0. The quantitative estimate of drug-likeness (QED) is 0.216. The van der Waals surface area contributed by atoms with Crippen molar-refractivity contribution in [2.24, 2.45) is 11.0 Å². The van der Waals surface area contributed by atoms with Gasteiger partial charge in [0, 0.05) is 10.6 Å². The molecule has 0 aromatic heterocycles. The summed E-state index contributed by atoms with van der Waals surface area (Å²) in [6.45, 7) is 8.39. The summed E-state index contributed by atoms with van der Waals surface area (Å²) in [5.74, 6) is 0.353. The summed E-state index contributed by atoms with van der Waals surface area (Å²) >= 11 is 11.3. The van der Waals surface area contributed by atoms with E-state index in [4.69, 9.17) is 23.8 Å². The van der Waals surface area contributed by atoms with E-state index in [1.165, 1.54) is 5.57 Å². The molecule has 1 aliphatic rings. The van der Waals surface area contributed by atoms with E-state index in [0.29, 0.717) is 16.1 Å². The van der Waals surface area contributed by atoms with Gasteiger partial charge < -0.3 is 10.4 Å². The average Bonchev–Trinajstić information content (AvgIpc) is 2.61. The molecule has 0 spiro atoms. The molecule has 4 nitrogen and oxygen atoms in total. The zero-order valence-corrected chi connectivity index (χ0v) is 19.5. The Morgan fingerprint density at radius 1 is 1.34 bits per heavy atom. The minimum atomic E-state index is -0.618. The number of allylic oxidation sites excluding steroid dienone is 2. The zero-order valence-electron chi connectivity index (χ0n) is 18.0. The van der Waals surface area contributed by atoms with E-state index < -0.39 is 5.60 Å². The molecule has 2 atom stereocenters. The van der Waals surface area contributed by atoms with Gasteiger partial charge in [-0.15, -0.1) is 0 Å². The number of hydrazone groups is 1. The molecule has 0 aliphatic heterocycles. The van der Waals surface area contributed by atoms with E-state index in [2.05, 4.69) is 42.7 Å². The van der Waals surface area contributed by atoms with Crippen LogP contribution >= 0.6 is 23.8 Å². The maximum Gasteiger partial charge on any atom is 0.187 e. The van der Waals surface area contributed by atoms with Crippen LogP contribution < -0.4 is 10.7 Å². The number of nitrogens with zero attached hydrogens (tertiary/aromatic N) is 1. The number of hydrogen-bond acceptors (Lipinski definition) is 3. The molecule has 29 heavy (non-hydrogen) atoms. The largest absolute Gasteiger partial charge is 0.390 e. The molecule has 160 valence electrons. The van der Waals surface area contributed by atoms with Crippen LogP contribution in [0.15, 0.2) is 41.0 Å². The van der Waals surface area contributed by atoms with Crippen molar-refractivity contribution in [1.82, 2.24) is 10.7 Å². The fraction of sp³-hybridized carbons (Fsp3) is 0.565. The van der Waals surface area contributed by atoms with Gasteiger partial charge in [-0.3, -0.25) is 5.43 Å². The first-order valence-corrected chi connectivity index (χ1v) is 11.1. The van der Waals surface area contributed by atoms with Crippen LogP contribution in [0.2, 0.25) is 5.02 Å². The van der Waals surface area contributed by atoms with Crippen molar-refractivity contribution >= 4 is 35.1 Å². The van der Waals surface area contributed by atoms with Gasteiger partial charge in [-0.25, -0.2) is 0 Å². The Balaban J connectivity index is 1.75. The molecule has 0 fully saturated rings. The Morgan fingerprint density at radius 3 is 2.76 bits per heavy atom. The fourth-order valence-corrected chi connectivity index (χ4v) is 4.30. The Hall–Kier alpha value is -1.43. The third-order valence-corrected chi connectivity index (χ3v) is 6.11. The lowest BCUT2D eigenvalue weighted by Gasteiger charge is -2.36. The van der Waals surface area contributed by atoms with E-state index in [9.17, 15) is 5.11 Å². The first-order valence-electron chi connectivity index (χ1n) is 10.3. The number of hydrogen-bond donors (Lipinski definition) is 3. The van der Waals surface area contributed by atoms with Crippen LogP contribution in [0.1, 0.15) is 71.8 Å². The third kappa shape index (κ3) is 8.45. The molecule has 1 aliphatic carbocycles. The molecular weight excluding hydrogens is 402 g/mol. The van der Waals surface area contributed by atoms with Crippen molar-refractivity contribution in [3.8, 4) is 0 Å². The van der Waals surface area contributed by atoms with E-state index in [-0.39, 0.29) is 5.54 Å². The standard InChI is InChI=1S/C23H34ClN3OS/c1-17-9-11-19(12-10-17)23(4,28)14-6-13-22(2,3)26-21(29)27-25-16-18-7-5-8-20(24)15-18/h5,7-9,15-16,19,28H,6,10-14H2,1-4H3,(H2,26,27,29)/b25-16-/t19-,23+/m1/s1. The van der Waals surface area contributed by atoms with Gasteiger partial charge in [0.15, 0.2) is 5.11 Å².